The second kappa shape index (κ2) is 11.9. The summed E-state index contributed by atoms with van der Waals surface area (Å²) in [5, 5.41) is 4.48. The Bertz CT molecular complexity index is 1710. The molecule has 4 rings (SSSR count). The Hall–Kier alpha value is -5.26. The monoisotopic (exact) mass is 560 g/mol. The molecule has 0 bridgehead atoms. The van der Waals surface area contributed by atoms with Crippen LogP contribution in [-0.4, -0.2) is 38.7 Å². The van der Waals surface area contributed by atoms with Crippen molar-refractivity contribution in [3.8, 4) is 0 Å². The molecule has 0 aliphatic carbocycles. The maximum Gasteiger partial charge on any atom is 0.414 e. The molecule has 2 aromatic carbocycles. The van der Waals surface area contributed by atoms with Gasteiger partial charge in [0, 0.05) is 12.5 Å². The predicted molar refractivity (Wildman–Crippen MR) is 153 cm³/mol. The van der Waals surface area contributed by atoms with Gasteiger partial charge in [0.05, 0.1) is 31.1 Å². The van der Waals surface area contributed by atoms with Crippen molar-refractivity contribution in [2.45, 2.75) is 26.8 Å². The van der Waals surface area contributed by atoms with Crippen LogP contribution in [0.15, 0.2) is 77.8 Å². The Labute approximate surface area is 235 Å². The Morgan fingerprint density at radius 2 is 1.83 bits per heavy atom. The lowest BCUT2D eigenvalue weighted by molar-refractivity contribution is 0.135. The van der Waals surface area contributed by atoms with Gasteiger partial charge in [0.15, 0.2) is 5.84 Å². The molecule has 0 saturated carbocycles. The molecule has 4 aromatic rings. The van der Waals surface area contributed by atoms with Gasteiger partial charge in [-0.05, 0) is 42.2 Å². The minimum Gasteiger partial charge on any atom is -0.452 e. The number of methoxy groups -OCH3 is 1. The Morgan fingerprint density at radius 1 is 1.10 bits per heavy atom. The molecule has 0 saturated heterocycles. The lowest BCUT2D eigenvalue weighted by Gasteiger charge is -2.25. The largest absolute Gasteiger partial charge is 0.452 e. The average Bonchev–Trinajstić information content (AvgIpc) is 3.28. The summed E-state index contributed by atoms with van der Waals surface area (Å²) in [6.07, 6.45) is 0.337. The number of carbonyl (C=O) groups excluding carboxylic acids is 1. The van der Waals surface area contributed by atoms with Gasteiger partial charge in [0.1, 0.15) is 34.5 Å². The number of aliphatic imine (C=N–C) groups is 1. The number of nitrogens with two attached hydrogens (primary N) is 3. The summed E-state index contributed by atoms with van der Waals surface area (Å²) in [6.45, 7) is 7.87. The Balaban J connectivity index is 1.74. The molecule has 41 heavy (non-hydrogen) atoms. The summed E-state index contributed by atoms with van der Waals surface area (Å²) in [5.41, 5.74) is 22.3. The van der Waals surface area contributed by atoms with Crippen molar-refractivity contribution in [3.05, 3.63) is 112 Å². The molecule has 0 spiro atoms. The minimum absolute atomic E-state index is 0.0241. The number of aromatic nitrogens is 3. The second-order valence-electron chi connectivity index (χ2n) is 9.34. The van der Waals surface area contributed by atoms with E-state index in [2.05, 4.69) is 21.7 Å². The lowest BCUT2D eigenvalue weighted by atomic mass is 10.1. The summed E-state index contributed by atoms with van der Waals surface area (Å²) in [6, 6.07) is 13.1. The summed E-state index contributed by atoms with van der Waals surface area (Å²) in [4.78, 5) is 22.4. The van der Waals surface area contributed by atoms with Crippen LogP contribution < -0.4 is 17.2 Å². The number of benzene rings is 2. The van der Waals surface area contributed by atoms with Gasteiger partial charge < -0.3 is 21.9 Å². The fraction of sp³-hybridized carbons (Fsp3) is 0.172. The van der Waals surface area contributed by atoms with E-state index < -0.39 is 17.7 Å². The number of hydrogen-bond donors (Lipinski definition) is 3. The lowest BCUT2D eigenvalue weighted by Crippen LogP contribution is -2.39. The maximum atomic E-state index is 14.4. The SMILES string of the molecule is C=C(N=C(N)C(=C(N)N)N(Cc1ccc(C)c(C)c1)C(=O)OC)n1nc(Cc2ccccc2F)c2ncc(F)cc21. The molecule has 12 heteroatoms. The van der Waals surface area contributed by atoms with E-state index in [4.69, 9.17) is 21.9 Å². The molecular weight excluding hydrogens is 530 g/mol. The van der Waals surface area contributed by atoms with Gasteiger partial charge in [-0.2, -0.15) is 5.10 Å². The average molecular weight is 561 g/mol. The number of amides is 1. The third-order valence-electron chi connectivity index (χ3n) is 6.46. The molecule has 0 unspecified atom stereocenters. The molecule has 0 radical (unpaired) electrons. The fourth-order valence-electron chi connectivity index (χ4n) is 4.28. The first kappa shape index (κ1) is 28.7. The summed E-state index contributed by atoms with van der Waals surface area (Å²) in [5.74, 6) is -1.68. The number of carbonyl (C=O) groups is 1. The molecular formula is C29H30F2N8O2. The molecule has 2 heterocycles. The van der Waals surface area contributed by atoms with Crippen molar-refractivity contribution >= 4 is 28.8 Å². The van der Waals surface area contributed by atoms with Crippen LogP contribution in [-0.2, 0) is 17.7 Å². The molecule has 10 nitrogen and oxygen atoms in total. The number of pyridine rings is 1. The van der Waals surface area contributed by atoms with Gasteiger partial charge in [0.25, 0.3) is 0 Å². The highest BCUT2D eigenvalue weighted by atomic mass is 19.1. The summed E-state index contributed by atoms with van der Waals surface area (Å²) in [7, 11) is 1.21. The van der Waals surface area contributed by atoms with Gasteiger partial charge in [-0.3, -0.25) is 4.90 Å². The highest BCUT2D eigenvalue weighted by molar-refractivity contribution is 6.01. The molecule has 0 aliphatic heterocycles. The number of ether oxygens (including phenoxy) is 1. The van der Waals surface area contributed by atoms with Crippen molar-refractivity contribution in [2.75, 3.05) is 7.11 Å². The third kappa shape index (κ3) is 6.16. The Kier molecular flexibility index (Phi) is 8.32. The number of halogens is 2. The first-order valence-electron chi connectivity index (χ1n) is 12.5. The van der Waals surface area contributed by atoms with E-state index in [1.54, 1.807) is 18.2 Å². The second-order valence-corrected chi connectivity index (χ2v) is 9.34. The van der Waals surface area contributed by atoms with Crippen molar-refractivity contribution < 1.29 is 18.3 Å². The smallest absolute Gasteiger partial charge is 0.414 e. The molecule has 0 atom stereocenters. The van der Waals surface area contributed by atoms with Crippen LogP contribution in [0.2, 0.25) is 0 Å². The molecule has 1 amide bonds. The van der Waals surface area contributed by atoms with Crippen LogP contribution in [0.1, 0.15) is 27.9 Å². The van der Waals surface area contributed by atoms with Crippen LogP contribution in [0.5, 0.6) is 0 Å². The van der Waals surface area contributed by atoms with E-state index in [1.807, 2.05) is 32.0 Å². The highest BCUT2D eigenvalue weighted by Crippen LogP contribution is 2.24. The van der Waals surface area contributed by atoms with E-state index >= 15 is 0 Å². The number of fused-ring (bicyclic) bond motifs is 1. The number of hydrogen-bond acceptors (Lipinski definition) is 7. The van der Waals surface area contributed by atoms with Crippen LogP contribution >= 0.6 is 0 Å². The van der Waals surface area contributed by atoms with Crippen LogP contribution in [0, 0.1) is 25.5 Å². The number of aryl methyl sites for hydroxylation is 2. The Morgan fingerprint density at radius 3 is 2.49 bits per heavy atom. The van der Waals surface area contributed by atoms with E-state index in [0.717, 1.165) is 27.8 Å². The molecule has 2 aromatic heterocycles. The minimum atomic E-state index is -0.779. The topological polar surface area (TPSA) is 151 Å². The van der Waals surface area contributed by atoms with Crippen LogP contribution in [0.25, 0.3) is 16.9 Å². The first-order chi connectivity index (χ1) is 19.5. The maximum absolute atomic E-state index is 14.4. The van der Waals surface area contributed by atoms with E-state index in [1.165, 1.54) is 23.9 Å². The standard InChI is InChI=1S/C29H30F2N8O2/c1-16-9-10-19(11-17(16)2)15-38(29(40)41-4)26(27(32)33)28(34)36-18(3)39-24-13-21(30)14-35-25(24)23(37-39)12-20-7-5-6-8-22(20)31/h5-11,13-14H,3,12,15,32-33H2,1-2,4H3,(H2,34,36). The van der Waals surface area contributed by atoms with Crippen molar-refractivity contribution in [3.63, 3.8) is 0 Å². The van der Waals surface area contributed by atoms with Crippen molar-refractivity contribution in [2.24, 2.45) is 22.2 Å². The zero-order chi connectivity index (χ0) is 29.8. The van der Waals surface area contributed by atoms with Crippen LogP contribution in [0.4, 0.5) is 13.6 Å². The van der Waals surface area contributed by atoms with Gasteiger partial charge >= 0.3 is 6.09 Å². The number of rotatable bonds is 8. The van der Waals surface area contributed by atoms with Crippen molar-refractivity contribution in [1.82, 2.24) is 19.7 Å². The quantitative estimate of drug-likeness (QED) is 0.217. The highest BCUT2D eigenvalue weighted by Gasteiger charge is 2.25. The summed E-state index contributed by atoms with van der Waals surface area (Å²) >= 11 is 0. The molecule has 6 N–H and O–H groups in total. The van der Waals surface area contributed by atoms with Gasteiger partial charge in [-0.1, -0.05) is 43.0 Å². The molecule has 0 fully saturated rings. The van der Waals surface area contributed by atoms with E-state index in [9.17, 15) is 13.6 Å². The molecule has 0 aliphatic rings. The zero-order valence-corrected chi connectivity index (χ0v) is 22.9. The van der Waals surface area contributed by atoms with Crippen LogP contribution in [0.3, 0.4) is 0 Å². The van der Waals surface area contributed by atoms with Crippen molar-refractivity contribution in [1.29, 1.82) is 0 Å². The first-order valence-corrected chi connectivity index (χ1v) is 12.5. The third-order valence-corrected chi connectivity index (χ3v) is 6.46. The number of amidine groups is 1. The van der Waals surface area contributed by atoms with E-state index in [0.29, 0.717) is 16.8 Å². The normalized spacial score (nSPS) is 11.4. The molecule has 212 valence electrons. The fourth-order valence-corrected chi connectivity index (χ4v) is 4.28. The van der Waals surface area contributed by atoms with E-state index in [-0.39, 0.29) is 41.7 Å². The predicted octanol–water partition coefficient (Wildman–Crippen LogP) is 4.06. The van der Waals surface area contributed by atoms with Gasteiger partial charge in [-0.15, -0.1) is 0 Å². The zero-order valence-electron chi connectivity index (χ0n) is 22.9. The van der Waals surface area contributed by atoms with Gasteiger partial charge in [-0.25, -0.2) is 28.2 Å². The number of nitrogens with zero attached hydrogens (tertiary/aromatic N) is 5. The van der Waals surface area contributed by atoms with Gasteiger partial charge in [0.2, 0.25) is 0 Å². The summed E-state index contributed by atoms with van der Waals surface area (Å²) < 4.78 is 34.8.